The Labute approximate surface area is 148 Å². The van der Waals surface area contributed by atoms with Crippen LogP contribution >= 0.6 is 15.9 Å². The van der Waals surface area contributed by atoms with Gasteiger partial charge in [0, 0.05) is 15.7 Å². The fourth-order valence-electron chi connectivity index (χ4n) is 2.16. The number of carbonyl (C=O) groups excluding carboxylic acids is 1. The van der Waals surface area contributed by atoms with Crippen LogP contribution in [0.4, 0.5) is 5.69 Å². The van der Waals surface area contributed by atoms with Crippen LogP contribution in [-0.2, 0) is 4.79 Å². The lowest BCUT2D eigenvalue weighted by molar-refractivity contribution is -0.119. The summed E-state index contributed by atoms with van der Waals surface area (Å²) in [5.74, 6) is 0.294. The van der Waals surface area contributed by atoms with Crippen LogP contribution in [0.25, 0.3) is 11.4 Å². The van der Waals surface area contributed by atoms with Gasteiger partial charge in [-0.1, -0.05) is 34.1 Å². The number of tetrazole rings is 1. The zero-order valence-electron chi connectivity index (χ0n) is 13.3. The molecule has 1 N–H and O–H groups in total. The van der Waals surface area contributed by atoms with E-state index in [-0.39, 0.29) is 5.91 Å². The molecule has 0 aliphatic heterocycles. The highest BCUT2D eigenvalue weighted by atomic mass is 79.9. The topological polar surface area (TPSA) is 72.7 Å². The van der Waals surface area contributed by atoms with Gasteiger partial charge in [-0.3, -0.25) is 4.79 Å². The van der Waals surface area contributed by atoms with Crippen LogP contribution in [0.3, 0.4) is 0 Å². The van der Waals surface area contributed by atoms with Gasteiger partial charge < -0.3 is 5.32 Å². The number of benzene rings is 2. The minimum absolute atomic E-state index is 0.191. The lowest BCUT2D eigenvalue weighted by Gasteiger charge is -2.12. The summed E-state index contributed by atoms with van der Waals surface area (Å²) in [6.07, 6.45) is 0. The fourth-order valence-corrected chi connectivity index (χ4v) is 2.42. The van der Waals surface area contributed by atoms with Crippen molar-refractivity contribution in [3.63, 3.8) is 0 Å². The number of amides is 1. The molecule has 0 spiro atoms. The molecule has 1 unspecified atom stereocenters. The van der Waals surface area contributed by atoms with E-state index in [4.69, 9.17) is 0 Å². The van der Waals surface area contributed by atoms with E-state index in [0.29, 0.717) is 5.82 Å². The average molecular weight is 386 g/mol. The predicted molar refractivity (Wildman–Crippen MR) is 95.5 cm³/mol. The largest absolute Gasteiger partial charge is 0.324 e. The lowest BCUT2D eigenvalue weighted by Crippen LogP contribution is -2.25. The van der Waals surface area contributed by atoms with Crippen molar-refractivity contribution in [1.82, 2.24) is 20.2 Å². The molecule has 3 rings (SSSR count). The lowest BCUT2D eigenvalue weighted by atomic mass is 10.2. The number of rotatable bonds is 4. The van der Waals surface area contributed by atoms with Gasteiger partial charge in [0.05, 0.1) is 0 Å². The summed E-state index contributed by atoms with van der Waals surface area (Å²) in [7, 11) is 0. The number of nitrogens with one attached hydrogen (secondary N) is 1. The third-order valence-corrected chi connectivity index (χ3v) is 4.19. The van der Waals surface area contributed by atoms with Crippen LogP contribution in [0.1, 0.15) is 18.5 Å². The summed E-state index contributed by atoms with van der Waals surface area (Å²) < 4.78 is 0.976. The van der Waals surface area contributed by atoms with E-state index in [1.54, 1.807) is 6.92 Å². The Bertz CT molecular complexity index is 859. The first-order valence-corrected chi connectivity index (χ1v) is 8.26. The quantitative estimate of drug-likeness (QED) is 0.744. The molecule has 0 bridgehead atoms. The number of para-hydroxylation sites is 1. The van der Waals surface area contributed by atoms with Crippen LogP contribution < -0.4 is 5.32 Å². The monoisotopic (exact) mass is 385 g/mol. The Balaban J connectivity index is 1.75. The van der Waals surface area contributed by atoms with Gasteiger partial charge in [0.2, 0.25) is 5.82 Å². The molecule has 0 fully saturated rings. The molecule has 0 saturated heterocycles. The highest BCUT2D eigenvalue weighted by molar-refractivity contribution is 9.10. The van der Waals surface area contributed by atoms with Gasteiger partial charge in [-0.25, -0.2) is 0 Å². The van der Waals surface area contributed by atoms with E-state index >= 15 is 0 Å². The van der Waals surface area contributed by atoms with E-state index in [1.165, 1.54) is 4.80 Å². The highest BCUT2D eigenvalue weighted by Crippen LogP contribution is 2.19. The van der Waals surface area contributed by atoms with Gasteiger partial charge in [0.25, 0.3) is 5.91 Å². The number of nitrogens with zero attached hydrogens (tertiary/aromatic N) is 4. The van der Waals surface area contributed by atoms with E-state index < -0.39 is 6.04 Å². The number of hydrogen-bond acceptors (Lipinski definition) is 4. The number of aromatic nitrogens is 4. The molecule has 0 aliphatic carbocycles. The second kappa shape index (κ2) is 6.92. The number of aryl methyl sites for hydroxylation is 1. The number of anilines is 1. The molecule has 7 heteroatoms. The van der Waals surface area contributed by atoms with Crippen molar-refractivity contribution in [3.05, 3.63) is 58.6 Å². The summed E-state index contributed by atoms with van der Waals surface area (Å²) in [6.45, 7) is 3.68. The fraction of sp³-hybridized carbons (Fsp3) is 0.176. The van der Waals surface area contributed by atoms with Crippen molar-refractivity contribution in [2.75, 3.05) is 5.32 Å². The second-order valence-electron chi connectivity index (χ2n) is 5.42. The zero-order valence-corrected chi connectivity index (χ0v) is 14.9. The van der Waals surface area contributed by atoms with E-state index in [2.05, 4.69) is 36.7 Å². The molecule has 0 saturated carbocycles. The number of hydrogen-bond donors (Lipinski definition) is 1. The van der Waals surface area contributed by atoms with Gasteiger partial charge in [-0.15, -0.1) is 10.2 Å². The standard InChI is InChI=1S/C17H16BrN5O/c1-11-5-3-4-6-15(11)19-17(24)12(2)23-21-16(20-22-23)13-7-9-14(18)10-8-13/h3-10,12H,1-2H3,(H,19,24). The zero-order chi connectivity index (χ0) is 17.1. The van der Waals surface area contributed by atoms with Crippen molar-refractivity contribution in [2.24, 2.45) is 0 Å². The Morgan fingerprint density at radius 2 is 1.88 bits per heavy atom. The van der Waals surface area contributed by atoms with E-state index in [9.17, 15) is 4.79 Å². The molecule has 1 atom stereocenters. The highest BCUT2D eigenvalue weighted by Gasteiger charge is 2.19. The SMILES string of the molecule is Cc1ccccc1NC(=O)C(C)n1nnc(-c2ccc(Br)cc2)n1. The van der Waals surface area contributed by atoms with Gasteiger partial charge in [0.15, 0.2) is 0 Å². The first-order valence-electron chi connectivity index (χ1n) is 7.46. The average Bonchev–Trinajstić information content (AvgIpc) is 3.07. The van der Waals surface area contributed by atoms with Crippen molar-refractivity contribution in [3.8, 4) is 11.4 Å². The molecule has 6 nitrogen and oxygen atoms in total. The van der Waals surface area contributed by atoms with Crippen LogP contribution in [0.2, 0.25) is 0 Å². The Morgan fingerprint density at radius 3 is 2.58 bits per heavy atom. The molecule has 1 aromatic heterocycles. The second-order valence-corrected chi connectivity index (χ2v) is 6.34. The van der Waals surface area contributed by atoms with Crippen molar-refractivity contribution < 1.29 is 4.79 Å². The van der Waals surface area contributed by atoms with Crippen molar-refractivity contribution >= 4 is 27.5 Å². The maximum Gasteiger partial charge on any atom is 0.250 e. The Morgan fingerprint density at radius 1 is 1.17 bits per heavy atom. The smallest absolute Gasteiger partial charge is 0.250 e. The third kappa shape index (κ3) is 3.51. The normalized spacial score (nSPS) is 12.0. The summed E-state index contributed by atoms with van der Waals surface area (Å²) >= 11 is 3.39. The molecular weight excluding hydrogens is 370 g/mol. The van der Waals surface area contributed by atoms with Gasteiger partial charge in [-0.05, 0) is 55.0 Å². The van der Waals surface area contributed by atoms with Crippen LogP contribution in [0.5, 0.6) is 0 Å². The van der Waals surface area contributed by atoms with E-state index in [0.717, 1.165) is 21.3 Å². The molecule has 1 heterocycles. The number of carbonyl (C=O) groups is 1. The Kier molecular flexibility index (Phi) is 4.71. The molecular formula is C17H16BrN5O. The predicted octanol–water partition coefficient (Wildman–Crippen LogP) is 3.61. The number of halogens is 1. The molecule has 3 aromatic rings. The molecule has 122 valence electrons. The summed E-state index contributed by atoms with van der Waals surface area (Å²) in [6, 6.07) is 14.6. The van der Waals surface area contributed by atoms with Gasteiger partial charge in [0.1, 0.15) is 6.04 Å². The van der Waals surface area contributed by atoms with Crippen LogP contribution in [0.15, 0.2) is 53.0 Å². The first kappa shape index (κ1) is 16.3. The summed E-state index contributed by atoms with van der Waals surface area (Å²) in [4.78, 5) is 13.7. The first-order chi connectivity index (χ1) is 11.5. The van der Waals surface area contributed by atoms with Gasteiger partial charge in [-0.2, -0.15) is 4.80 Å². The molecule has 0 aliphatic rings. The minimum Gasteiger partial charge on any atom is -0.324 e. The maximum absolute atomic E-state index is 12.4. The minimum atomic E-state index is -0.568. The molecule has 0 radical (unpaired) electrons. The molecule has 24 heavy (non-hydrogen) atoms. The van der Waals surface area contributed by atoms with Crippen molar-refractivity contribution in [2.45, 2.75) is 19.9 Å². The summed E-state index contributed by atoms with van der Waals surface area (Å²) in [5, 5.41) is 15.2. The maximum atomic E-state index is 12.4. The Hall–Kier alpha value is -2.54. The summed E-state index contributed by atoms with van der Waals surface area (Å²) in [5.41, 5.74) is 2.62. The van der Waals surface area contributed by atoms with Crippen LogP contribution in [0, 0.1) is 6.92 Å². The molecule has 2 aromatic carbocycles. The third-order valence-electron chi connectivity index (χ3n) is 3.66. The van der Waals surface area contributed by atoms with Crippen molar-refractivity contribution in [1.29, 1.82) is 0 Å². The van der Waals surface area contributed by atoms with Gasteiger partial charge >= 0.3 is 0 Å². The van der Waals surface area contributed by atoms with Crippen LogP contribution in [-0.4, -0.2) is 26.1 Å². The molecule has 1 amide bonds. The van der Waals surface area contributed by atoms with E-state index in [1.807, 2.05) is 55.5 Å².